The van der Waals surface area contributed by atoms with Gasteiger partial charge < -0.3 is 80.2 Å². The van der Waals surface area contributed by atoms with Crippen molar-refractivity contribution in [1.29, 1.82) is 0 Å². The number of aromatic hydroxyl groups is 12. The molecule has 13 rings (SSSR count). The number of benzene rings is 8. The highest BCUT2D eigenvalue weighted by molar-refractivity contribution is 5.69. The third-order valence-electron chi connectivity index (χ3n) is 19.8. The molecule has 480 valence electrons. The molecular weight excluding hydrogens is 1170 g/mol. The molecule has 2 unspecified atom stereocenters. The lowest BCUT2D eigenvalue weighted by atomic mass is 9.75. The molecular formula is C76H80O16. The van der Waals surface area contributed by atoms with E-state index in [-0.39, 0.29) is 104 Å². The van der Waals surface area contributed by atoms with Crippen LogP contribution in [-0.4, -0.2) is 85.7 Å². The average Bonchev–Trinajstić information content (AvgIpc) is 0.743. The Kier molecular flexibility index (Phi) is 17.4. The number of fused-ring (bicyclic) bond motifs is 8. The summed E-state index contributed by atoms with van der Waals surface area (Å²) in [6.07, 6.45) is 15.5. The Bertz CT molecular complexity index is 3810. The maximum absolute atomic E-state index is 13.2. The minimum Gasteiger partial charge on any atom is -0.507 e. The maximum Gasteiger partial charge on any atom is 0.157 e. The summed E-state index contributed by atoms with van der Waals surface area (Å²) >= 11 is 0. The summed E-state index contributed by atoms with van der Waals surface area (Å²) in [6.45, 7) is 0. The highest BCUT2D eigenvalue weighted by Crippen LogP contribution is 2.57. The molecule has 0 spiro atoms. The Labute approximate surface area is 534 Å². The molecule has 8 aromatic rings. The quantitative estimate of drug-likeness (QED) is 0.0507. The average molecular weight is 1250 g/mol. The van der Waals surface area contributed by atoms with E-state index >= 15 is 0 Å². The van der Waals surface area contributed by atoms with Gasteiger partial charge in [-0.25, -0.2) is 0 Å². The molecule has 92 heavy (non-hydrogen) atoms. The molecule has 16 nitrogen and oxygen atoms in total. The van der Waals surface area contributed by atoms with Crippen LogP contribution in [0.4, 0.5) is 0 Å². The largest absolute Gasteiger partial charge is 0.507 e. The van der Waals surface area contributed by atoms with Crippen molar-refractivity contribution in [2.24, 2.45) is 0 Å². The van der Waals surface area contributed by atoms with E-state index in [1.165, 1.54) is 60.7 Å². The van der Waals surface area contributed by atoms with E-state index in [4.69, 9.17) is 18.9 Å². The number of phenols is 12. The van der Waals surface area contributed by atoms with Gasteiger partial charge in [-0.1, -0.05) is 49.9 Å². The molecule has 5 aliphatic rings. The fourth-order valence-corrected chi connectivity index (χ4v) is 15.1. The lowest BCUT2D eigenvalue weighted by Crippen LogP contribution is -2.23. The molecule has 0 amide bonds. The molecule has 8 bridgehead atoms. The van der Waals surface area contributed by atoms with Gasteiger partial charge in [0.05, 0.1) is 24.4 Å². The molecule has 0 radical (unpaired) electrons. The second-order valence-corrected chi connectivity index (χ2v) is 26.0. The van der Waals surface area contributed by atoms with Crippen molar-refractivity contribution in [2.45, 2.75) is 177 Å². The van der Waals surface area contributed by atoms with Crippen molar-refractivity contribution in [1.82, 2.24) is 0 Å². The second kappa shape index (κ2) is 26.0. The van der Waals surface area contributed by atoms with Crippen LogP contribution in [0.3, 0.4) is 0 Å². The lowest BCUT2D eigenvalue weighted by molar-refractivity contribution is 0.151. The van der Waals surface area contributed by atoms with Gasteiger partial charge in [-0.3, -0.25) is 0 Å². The standard InChI is InChI=1S/C76H80O16/c77-57-25-21-41(29-65(57)85)73-49-33-53(69(37-61(49)81)89-45-13-5-1-6-14-45)74(42-22-26-58(78)66(86)30-42)51-35-55(71(39-63(51)83)91-47-17-9-3-10-18-47)76(44-24-28-60(80)68(88)32-44)56-36-52(64(84)40-72(56)92-48-19-11-4-12-20-48)75(43-23-27-59(79)67(87)31-43)54-34-50(73)62(82)38-70(54)90-46-15-7-2-8-16-46/h21-40,45-48,73-88H,1-20H2. The van der Waals surface area contributed by atoms with Crippen molar-refractivity contribution in [3.05, 3.63) is 188 Å². The van der Waals surface area contributed by atoms with E-state index < -0.39 is 63.9 Å². The molecule has 4 fully saturated rings. The zero-order valence-electron chi connectivity index (χ0n) is 51.3. The van der Waals surface area contributed by atoms with Crippen molar-refractivity contribution >= 4 is 0 Å². The Morgan fingerprint density at radius 2 is 0.391 bits per heavy atom. The van der Waals surface area contributed by atoms with Crippen LogP contribution in [0.1, 0.15) is 219 Å². The molecule has 0 aliphatic heterocycles. The van der Waals surface area contributed by atoms with Gasteiger partial charge in [0.2, 0.25) is 0 Å². The molecule has 0 saturated heterocycles. The summed E-state index contributed by atoms with van der Waals surface area (Å²) in [5.74, 6) is -8.33. The first-order valence-corrected chi connectivity index (χ1v) is 32.7. The summed E-state index contributed by atoms with van der Waals surface area (Å²) in [5, 5.41) is 143. The third kappa shape index (κ3) is 12.4. The third-order valence-corrected chi connectivity index (χ3v) is 19.8. The summed E-state index contributed by atoms with van der Waals surface area (Å²) < 4.78 is 28.6. The molecule has 0 aromatic heterocycles. The molecule has 2 atom stereocenters. The Morgan fingerprint density at radius 1 is 0.196 bits per heavy atom. The summed E-state index contributed by atoms with van der Waals surface area (Å²) in [6, 6.07) is 30.7. The van der Waals surface area contributed by atoms with E-state index in [9.17, 15) is 61.3 Å². The highest BCUT2D eigenvalue weighted by atomic mass is 16.5. The number of hydrogen-bond donors (Lipinski definition) is 12. The second-order valence-electron chi connectivity index (χ2n) is 26.0. The fourth-order valence-electron chi connectivity index (χ4n) is 15.1. The van der Waals surface area contributed by atoms with Crippen LogP contribution in [0, 0.1) is 0 Å². The first-order chi connectivity index (χ1) is 44.5. The Hall–Kier alpha value is -9.44. The fraction of sp³-hybridized carbons (Fsp3) is 0.368. The van der Waals surface area contributed by atoms with Gasteiger partial charge in [-0.15, -0.1) is 0 Å². The van der Waals surface area contributed by atoms with Crippen LogP contribution in [-0.2, 0) is 0 Å². The van der Waals surface area contributed by atoms with Gasteiger partial charge in [0.25, 0.3) is 0 Å². The minimum absolute atomic E-state index is 0.144. The topological polar surface area (TPSA) is 280 Å². The van der Waals surface area contributed by atoms with E-state index in [0.717, 1.165) is 77.0 Å². The highest BCUT2D eigenvalue weighted by Gasteiger charge is 2.39. The Morgan fingerprint density at radius 3 is 0.598 bits per heavy atom. The van der Waals surface area contributed by atoms with Gasteiger partial charge in [0.15, 0.2) is 46.0 Å². The normalized spacial score (nSPS) is 20.1. The molecule has 5 aliphatic carbocycles. The maximum atomic E-state index is 13.2. The molecule has 0 heterocycles. The number of rotatable bonds is 12. The van der Waals surface area contributed by atoms with Crippen molar-refractivity contribution in [3.63, 3.8) is 0 Å². The van der Waals surface area contributed by atoms with E-state index in [1.54, 1.807) is 48.5 Å². The number of hydrogen-bond acceptors (Lipinski definition) is 16. The first-order valence-electron chi connectivity index (χ1n) is 32.7. The minimum atomic E-state index is -1.25. The van der Waals surface area contributed by atoms with Gasteiger partial charge >= 0.3 is 0 Å². The van der Waals surface area contributed by atoms with Crippen molar-refractivity contribution in [2.75, 3.05) is 0 Å². The molecule has 16 heteroatoms. The first kappa shape index (κ1) is 61.4. The SMILES string of the molecule is Oc1ccc(C2c3cc(c(OC4CCCCC4)cc3O)C(c3ccc(O)c(O)c3)c3cc(c(OC4CCCCC4)cc3O)C(c3ccc(O)c(O)c3)c3cc(c(O)cc3OC3CCCCC3)C(c3ccc(O)c(O)c3)c3cc2c(O)cc3OC2CCCCC2)cc1O. The van der Waals surface area contributed by atoms with Crippen LogP contribution in [0.2, 0.25) is 0 Å². The van der Waals surface area contributed by atoms with Crippen LogP contribution in [0.25, 0.3) is 0 Å². The summed E-state index contributed by atoms with van der Waals surface area (Å²) in [5.41, 5.74) is 3.77. The monoisotopic (exact) mass is 1250 g/mol. The van der Waals surface area contributed by atoms with Gasteiger partial charge in [-0.2, -0.15) is 0 Å². The van der Waals surface area contributed by atoms with Crippen LogP contribution >= 0.6 is 0 Å². The number of ether oxygens (including phenoxy) is 4. The Balaban J connectivity index is 1.22. The van der Waals surface area contributed by atoms with Crippen molar-refractivity contribution in [3.8, 4) is 92.0 Å². The summed E-state index contributed by atoms with van der Waals surface area (Å²) in [7, 11) is 0. The smallest absolute Gasteiger partial charge is 0.157 e. The zero-order valence-corrected chi connectivity index (χ0v) is 51.3. The van der Waals surface area contributed by atoms with E-state index in [2.05, 4.69) is 0 Å². The molecule has 4 saturated carbocycles. The zero-order chi connectivity index (χ0) is 63.9. The van der Waals surface area contributed by atoms with Crippen LogP contribution in [0.15, 0.2) is 121 Å². The predicted molar refractivity (Wildman–Crippen MR) is 345 cm³/mol. The van der Waals surface area contributed by atoms with E-state index in [1.807, 2.05) is 12.1 Å². The van der Waals surface area contributed by atoms with Gasteiger partial charge in [0.1, 0.15) is 46.0 Å². The van der Waals surface area contributed by atoms with Crippen LogP contribution < -0.4 is 18.9 Å². The summed E-state index contributed by atoms with van der Waals surface area (Å²) in [4.78, 5) is 0. The van der Waals surface area contributed by atoms with Gasteiger partial charge in [0, 0.05) is 92.4 Å². The molecule has 8 aromatic carbocycles. The van der Waals surface area contributed by atoms with E-state index in [0.29, 0.717) is 90.3 Å². The van der Waals surface area contributed by atoms with Crippen LogP contribution in [0.5, 0.6) is 92.0 Å². The predicted octanol–water partition coefficient (Wildman–Crippen LogP) is 16.0. The molecule has 12 N–H and O–H groups in total. The van der Waals surface area contributed by atoms with Crippen molar-refractivity contribution < 1.29 is 80.2 Å². The van der Waals surface area contributed by atoms with Gasteiger partial charge in [-0.05, 0) is 198 Å². The number of phenolic OH excluding ortho intramolecular Hbond substituents is 12. The lowest BCUT2D eigenvalue weighted by Gasteiger charge is -2.33.